The van der Waals surface area contributed by atoms with Crippen molar-refractivity contribution in [2.75, 3.05) is 0 Å². The summed E-state index contributed by atoms with van der Waals surface area (Å²) >= 11 is 0. The van der Waals surface area contributed by atoms with Crippen LogP contribution in [-0.4, -0.2) is 15.4 Å². The summed E-state index contributed by atoms with van der Waals surface area (Å²) in [5, 5.41) is 10.3. The Morgan fingerprint density at radius 3 is 2.87 bits per heavy atom. The van der Waals surface area contributed by atoms with Crippen molar-refractivity contribution < 1.29 is 33.2 Å². The number of carbonyl (C=O) groups excluding carboxylic acids is 1. The van der Waals surface area contributed by atoms with E-state index in [2.05, 4.69) is 4.98 Å². The van der Waals surface area contributed by atoms with Crippen molar-refractivity contribution in [3.05, 3.63) is 36.0 Å². The van der Waals surface area contributed by atoms with Gasteiger partial charge in [0, 0.05) is 18.6 Å². The molecule has 2 rings (SSSR count). The zero-order valence-corrected chi connectivity index (χ0v) is 8.11. The van der Waals surface area contributed by atoms with E-state index < -0.39 is 11.9 Å². The third-order valence-corrected chi connectivity index (χ3v) is 1.82. The maximum absolute atomic E-state index is 13.1. The number of carboxylic acids is 1. The monoisotopic (exact) mass is 200 g/mol. The first-order valence-corrected chi connectivity index (χ1v) is 3.99. The average Bonchev–Trinajstić information content (AvgIpc) is 2.47. The number of hydrogen-bond acceptors (Lipinski definition) is 3. The second kappa shape index (κ2) is 4.47. The number of carbonyl (C=O) groups is 1. The summed E-state index contributed by atoms with van der Waals surface area (Å²) in [6, 6.07) is 4.39. The van der Waals surface area contributed by atoms with Gasteiger partial charge in [-0.05, 0) is 12.1 Å². The molecule has 2 heterocycles. The number of aliphatic carboxylic acids is 1. The van der Waals surface area contributed by atoms with Crippen molar-refractivity contribution in [3.8, 4) is 0 Å². The number of nitrogens with zero attached hydrogens (tertiary/aromatic N) is 2. The first-order valence-electron chi connectivity index (χ1n) is 3.99. The number of halogens is 1. The minimum absolute atomic E-state index is 0. The van der Waals surface area contributed by atoms with Crippen molar-refractivity contribution in [1.29, 1.82) is 0 Å². The van der Waals surface area contributed by atoms with Gasteiger partial charge in [0.05, 0.1) is 5.69 Å². The Morgan fingerprint density at radius 2 is 2.27 bits per heavy atom. The molecule has 2 aromatic heterocycles. The molecule has 0 spiro atoms. The van der Waals surface area contributed by atoms with Crippen molar-refractivity contribution in [2.24, 2.45) is 0 Å². The van der Waals surface area contributed by atoms with Crippen LogP contribution in [0.15, 0.2) is 24.4 Å². The van der Waals surface area contributed by atoms with Crippen molar-refractivity contribution in [1.82, 2.24) is 9.38 Å². The zero-order chi connectivity index (χ0) is 10.1. The second-order valence-corrected chi connectivity index (χ2v) is 2.86. The summed E-state index contributed by atoms with van der Waals surface area (Å²) in [6.07, 6.45) is 1.04. The van der Waals surface area contributed by atoms with Crippen LogP contribution in [0, 0.1) is 5.95 Å². The molecule has 0 saturated carbocycles. The van der Waals surface area contributed by atoms with Gasteiger partial charge in [-0.15, -0.1) is 0 Å². The number of carboxylic acid groups (broad SMARTS) is 1. The summed E-state index contributed by atoms with van der Waals surface area (Å²) < 4.78 is 14.3. The second-order valence-electron chi connectivity index (χ2n) is 2.86. The fourth-order valence-electron chi connectivity index (χ4n) is 1.26. The van der Waals surface area contributed by atoms with E-state index in [-0.39, 0.29) is 31.0 Å². The number of imidazole rings is 1. The van der Waals surface area contributed by atoms with Crippen LogP contribution in [0.2, 0.25) is 0 Å². The Balaban J connectivity index is 0.00000112. The van der Waals surface area contributed by atoms with Crippen LogP contribution in [-0.2, 0) is 11.2 Å². The predicted octanol–water partition coefficient (Wildman–Crippen LogP) is -3.23. The zero-order valence-electron chi connectivity index (χ0n) is 8.11. The van der Waals surface area contributed by atoms with Gasteiger partial charge in [-0.25, -0.2) is 4.98 Å². The van der Waals surface area contributed by atoms with E-state index in [0.29, 0.717) is 5.65 Å². The van der Waals surface area contributed by atoms with Gasteiger partial charge < -0.3 is 9.90 Å². The van der Waals surface area contributed by atoms with Gasteiger partial charge in [-0.2, -0.15) is 4.39 Å². The van der Waals surface area contributed by atoms with Crippen LogP contribution in [0.5, 0.6) is 0 Å². The molecule has 0 radical (unpaired) electrons. The fourth-order valence-corrected chi connectivity index (χ4v) is 1.26. The number of hydrogen-bond donors (Lipinski definition) is 0. The molecule has 0 fully saturated rings. The summed E-state index contributed by atoms with van der Waals surface area (Å²) in [6.45, 7) is 0. The van der Waals surface area contributed by atoms with Crippen LogP contribution >= 0.6 is 0 Å². The Bertz CT molecular complexity index is 498. The number of fused-ring (bicyclic) bond motifs is 1. The molecule has 72 valence electrons. The predicted molar refractivity (Wildman–Crippen MR) is 43.9 cm³/mol. The van der Waals surface area contributed by atoms with Crippen LogP contribution in [0.1, 0.15) is 5.69 Å². The largest absolute Gasteiger partial charge is 1.00 e. The molecule has 0 aromatic carbocycles. The Kier molecular flexibility index (Phi) is 3.51. The first-order chi connectivity index (χ1) is 6.66. The molecular weight excluding hydrogens is 194 g/mol. The third-order valence-electron chi connectivity index (χ3n) is 1.82. The molecule has 0 amide bonds. The molecule has 15 heavy (non-hydrogen) atoms. The van der Waals surface area contributed by atoms with Gasteiger partial charge in [-0.1, -0.05) is 6.07 Å². The summed E-state index contributed by atoms with van der Waals surface area (Å²) in [5.41, 5.74) is 0.677. The quantitative estimate of drug-likeness (QED) is 0.378. The molecule has 0 saturated heterocycles. The van der Waals surface area contributed by atoms with Gasteiger partial charge in [0.15, 0.2) is 5.95 Å². The molecule has 4 nitrogen and oxygen atoms in total. The van der Waals surface area contributed by atoms with Gasteiger partial charge in [-0.3, -0.25) is 4.40 Å². The van der Waals surface area contributed by atoms with E-state index in [9.17, 15) is 14.3 Å². The van der Waals surface area contributed by atoms with Crippen molar-refractivity contribution in [3.63, 3.8) is 0 Å². The van der Waals surface area contributed by atoms with E-state index in [4.69, 9.17) is 0 Å². The Labute approximate surface area is 96.9 Å². The van der Waals surface area contributed by atoms with Gasteiger partial charge in [0.1, 0.15) is 5.65 Å². The summed E-state index contributed by atoms with van der Waals surface area (Å²) in [5.74, 6) is -1.70. The van der Waals surface area contributed by atoms with Crippen LogP contribution in [0.4, 0.5) is 4.39 Å². The smallest absolute Gasteiger partial charge is 0.550 e. The standard InChI is InChI=1S/C9H7FN2O2.Li/c10-7-2-1-3-8-11-6(4-9(13)14)5-12(7)8;/h1-3,5H,4H2,(H,13,14);/q;+1/p-1. The normalized spacial score (nSPS) is 9.93. The van der Waals surface area contributed by atoms with Gasteiger partial charge in [0.2, 0.25) is 0 Å². The molecule has 0 aliphatic heterocycles. The SMILES string of the molecule is O=C([O-])Cc1cn2c(F)cccc2n1.[Li+]. The molecule has 0 N–H and O–H groups in total. The average molecular weight is 200 g/mol. The number of rotatable bonds is 2. The number of pyridine rings is 1. The van der Waals surface area contributed by atoms with E-state index in [1.807, 2.05) is 0 Å². The first kappa shape index (κ1) is 11.8. The molecule has 0 aliphatic rings. The van der Waals surface area contributed by atoms with Crippen molar-refractivity contribution in [2.45, 2.75) is 6.42 Å². The summed E-state index contributed by atoms with van der Waals surface area (Å²) in [4.78, 5) is 14.2. The topological polar surface area (TPSA) is 57.4 Å². The molecular formula is C9H6FLiN2O2. The van der Waals surface area contributed by atoms with Crippen molar-refractivity contribution >= 4 is 11.6 Å². The minimum Gasteiger partial charge on any atom is -0.550 e. The van der Waals surface area contributed by atoms with Crippen LogP contribution in [0.25, 0.3) is 5.65 Å². The number of aromatic nitrogens is 2. The molecule has 2 aromatic rings. The van der Waals surface area contributed by atoms with Gasteiger partial charge in [0.25, 0.3) is 0 Å². The Hall–Kier alpha value is -1.31. The third kappa shape index (κ3) is 2.38. The maximum Gasteiger partial charge on any atom is 1.00 e. The molecule has 0 atom stereocenters. The van der Waals surface area contributed by atoms with E-state index in [1.165, 1.54) is 22.7 Å². The fraction of sp³-hybridized carbons (Fsp3) is 0.111. The molecule has 0 bridgehead atoms. The van der Waals surface area contributed by atoms with E-state index in [1.54, 1.807) is 6.07 Å². The minimum atomic E-state index is -1.23. The Morgan fingerprint density at radius 1 is 1.53 bits per heavy atom. The van der Waals surface area contributed by atoms with E-state index in [0.717, 1.165) is 0 Å². The molecule has 0 unspecified atom stereocenters. The van der Waals surface area contributed by atoms with E-state index >= 15 is 0 Å². The maximum atomic E-state index is 13.1. The van der Waals surface area contributed by atoms with Crippen LogP contribution < -0.4 is 24.0 Å². The van der Waals surface area contributed by atoms with Crippen LogP contribution in [0.3, 0.4) is 0 Å². The van der Waals surface area contributed by atoms with Gasteiger partial charge >= 0.3 is 18.9 Å². The molecule has 0 aliphatic carbocycles. The summed E-state index contributed by atoms with van der Waals surface area (Å²) in [7, 11) is 0. The molecule has 6 heteroatoms.